The van der Waals surface area contributed by atoms with Gasteiger partial charge in [-0.1, -0.05) is 23.5 Å². The third-order valence-corrected chi connectivity index (χ3v) is 4.02. The van der Waals surface area contributed by atoms with E-state index in [1.54, 1.807) is 11.8 Å². The fourth-order valence-electron chi connectivity index (χ4n) is 1.21. The number of hydrogen-bond acceptors (Lipinski definition) is 7. The van der Waals surface area contributed by atoms with Crippen LogP contribution in [0.15, 0.2) is 5.16 Å². The van der Waals surface area contributed by atoms with Gasteiger partial charge >= 0.3 is 5.51 Å². The molecule has 0 amide bonds. The number of tetrazole rings is 1. The summed E-state index contributed by atoms with van der Waals surface area (Å²) in [5, 5.41) is 14.8. The number of aromatic nitrogens is 4. The highest BCUT2D eigenvalue weighted by Gasteiger charge is 2.27. The zero-order chi connectivity index (χ0) is 14.8. The molecule has 6 nitrogen and oxygen atoms in total. The van der Waals surface area contributed by atoms with Crippen molar-refractivity contribution in [3.05, 3.63) is 0 Å². The van der Waals surface area contributed by atoms with Gasteiger partial charge in [0.1, 0.15) is 0 Å². The van der Waals surface area contributed by atoms with Crippen molar-refractivity contribution in [1.29, 1.82) is 0 Å². The molecule has 0 saturated heterocycles. The minimum Gasteiger partial charge on any atom is -0.383 e. The van der Waals surface area contributed by atoms with Crippen molar-refractivity contribution in [3.8, 4) is 0 Å². The molecule has 0 atom stereocenters. The van der Waals surface area contributed by atoms with Crippen LogP contribution in [0.25, 0.3) is 0 Å². The quantitative estimate of drug-likeness (QED) is 0.511. The van der Waals surface area contributed by atoms with Crippen LogP contribution in [-0.4, -0.2) is 64.0 Å². The first-order valence-electron chi connectivity index (χ1n) is 5.82. The highest BCUT2D eigenvalue weighted by atomic mass is 32.2. The number of hydrogen-bond donors (Lipinski definition) is 1. The molecule has 0 saturated carbocycles. The predicted octanol–water partition coefficient (Wildman–Crippen LogP) is 1.25. The smallest absolute Gasteiger partial charge is 0.383 e. The minimum absolute atomic E-state index is 0.0207. The van der Waals surface area contributed by atoms with Gasteiger partial charge in [0, 0.05) is 31.7 Å². The van der Waals surface area contributed by atoms with Crippen molar-refractivity contribution in [2.24, 2.45) is 0 Å². The molecule has 0 aliphatic rings. The zero-order valence-corrected chi connectivity index (χ0v) is 12.5. The van der Waals surface area contributed by atoms with Crippen LogP contribution in [-0.2, 0) is 11.3 Å². The number of thioether (sulfide) groups is 2. The van der Waals surface area contributed by atoms with Crippen LogP contribution in [0.2, 0.25) is 0 Å². The van der Waals surface area contributed by atoms with E-state index in [0.717, 1.165) is 6.54 Å². The number of alkyl halides is 3. The first-order chi connectivity index (χ1) is 9.53. The van der Waals surface area contributed by atoms with E-state index in [1.807, 2.05) is 0 Å². The van der Waals surface area contributed by atoms with E-state index in [9.17, 15) is 13.2 Å². The van der Waals surface area contributed by atoms with Gasteiger partial charge < -0.3 is 10.1 Å². The van der Waals surface area contributed by atoms with Crippen molar-refractivity contribution < 1.29 is 17.9 Å². The summed E-state index contributed by atoms with van der Waals surface area (Å²) < 4.78 is 42.3. The van der Waals surface area contributed by atoms with Crippen LogP contribution in [0.4, 0.5) is 13.2 Å². The topological polar surface area (TPSA) is 64.9 Å². The summed E-state index contributed by atoms with van der Waals surface area (Å²) in [6, 6.07) is 0. The molecule has 0 aliphatic carbocycles. The molecule has 0 spiro atoms. The molecule has 11 heteroatoms. The summed E-state index contributed by atoms with van der Waals surface area (Å²) in [5.74, 6) is 0.286. The van der Waals surface area contributed by atoms with Gasteiger partial charge in [-0.15, -0.1) is 5.10 Å². The van der Waals surface area contributed by atoms with Crippen molar-refractivity contribution >= 4 is 23.5 Å². The summed E-state index contributed by atoms with van der Waals surface area (Å²) in [4.78, 5) is 0. The SMILES string of the molecule is COCCNCCn1nnnc1SCCSC(F)(F)F. The number of rotatable bonds is 10. The Bertz CT molecular complexity index is 377. The highest BCUT2D eigenvalue weighted by Crippen LogP contribution is 2.31. The van der Waals surface area contributed by atoms with E-state index in [0.29, 0.717) is 30.6 Å². The summed E-state index contributed by atoms with van der Waals surface area (Å²) in [6.07, 6.45) is 0. The Morgan fingerprint density at radius 3 is 2.80 bits per heavy atom. The molecule has 0 bridgehead atoms. The fourth-order valence-corrected chi connectivity index (χ4v) is 2.67. The number of nitrogens with zero attached hydrogens (tertiary/aromatic N) is 4. The second kappa shape index (κ2) is 9.42. The Kier molecular flexibility index (Phi) is 8.26. The lowest BCUT2D eigenvalue weighted by atomic mass is 10.6. The molecule has 1 aromatic rings. The van der Waals surface area contributed by atoms with E-state index >= 15 is 0 Å². The van der Waals surface area contributed by atoms with Gasteiger partial charge in [-0.2, -0.15) is 13.2 Å². The molecule has 1 N–H and O–H groups in total. The summed E-state index contributed by atoms with van der Waals surface area (Å²) >= 11 is 1.18. The van der Waals surface area contributed by atoms with Crippen molar-refractivity contribution in [3.63, 3.8) is 0 Å². The Morgan fingerprint density at radius 2 is 2.10 bits per heavy atom. The summed E-state index contributed by atoms with van der Waals surface area (Å²) in [7, 11) is 1.62. The first kappa shape index (κ1) is 17.5. The minimum atomic E-state index is -4.18. The highest BCUT2D eigenvalue weighted by molar-refractivity contribution is 8.03. The van der Waals surface area contributed by atoms with Gasteiger partial charge in [-0.05, 0) is 10.4 Å². The monoisotopic (exact) mass is 331 g/mol. The molecule has 116 valence electrons. The van der Waals surface area contributed by atoms with Gasteiger partial charge in [-0.25, -0.2) is 4.68 Å². The van der Waals surface area contributed by atoms with Crippen molar-refractivity contribution in [2.45, 2.75) is 17.2 Å². The summed E-state index contributed by atoms with van der Waals surface area (Å²) in [6.45, 7) is 2.57. The lowest BCUT2D eigenvalue weighted by Gasteiger charge is -2.06. The Hall–Kier alpha value is -0.520. The number of halogens is 3. The molecule has 1 aromatic heterocycles. The van der Waals surface area contributed by atoms with Gasteiger partial charge in [0.2, 0.25) is 5.16 Å². The van der Waals surface area contributed by atoms with Gasteiger partial charge in [-0.3, -0.25) is 0 Å². The molecule has 0 aliphatic heterocycles. The second-order valence-corrected chi connectivity index (χ2v) is 5.79. The second-order valence-electron chi connectivity index (χ2n) is 3.57. The standard InChI is InChI=1S/C9H16F3N5OS2/c1-18-5-3-13-2-4-17-8(14-15-16-17)19-6-7-20-9(10,11)12/h13H,2-7H2,1H3. The van der Waals surface area contributed by atoms with Crippen LogP contribution in [0, 0.1) is 0 Å². The molecular weight excluding hydrogens is 315 g/mol. The normalized spacial score (nSPS) is 12.0. The van der Waals surface area contributed by atoms with Gasteiger partial charge in [0.15, 0.2) is 0 Å². The lowest BCUT2D eigenvalue weighted by Crippen LogP contribution is -2.24. The number of nitrogens with one attached hydrogen (secondary N) is 1. The van der Waals surface area contributed by atoms with Gasteiger partial charge in [0.25, 0.3) is 0 Å². The molecule has 0 aromatic carbocycles. The molecule has 0 unspecified atom stereocenters. The molecular formula is C9H16F3N5OS2. The van der Waals surface area contributed by atoms with Crippen LogP contribution >= 0.6 is 23.5 Å². The lowest BCUT2D eigenvalue weighted by molar-refractivity contribution is -0.0326. The first-order valence-corrected chi connectivity index (χ1v) is 7.79. The Balaban J connectivity index is 2.21. The largest absolute Gasteiger partial charge is 0.441 e. The van der Waals surface area contributed by atoms with E-state index in [1.165, 1.54) is 11.8 Å². The molecule has 0 radical (unpaired) electrons. The average Bonchev–Trinajstić information content (AvgIpc) is 2.81. The van der Waals surface area contributed by atoms with E-state index in [4.69, 9.17) is 4.74 Å². The maximum atomic E-state index is 12.0. The Labute approximate surface area is 123 Å². The van der Waals surface area contributed by atoms with E-state index < -0.39 is 5.51 Å². The van der Waals surface area contributed by atoms with Crippen LogP contribution < -0.4 is 5.32 Å². The van der Waals surface area contributed by atoms with Crippen LogP contribution in [0.5, 0.6) is 0 Å². The fraction of sp³-hybridized carbons (Fsp3) is 0.889. The molecule has 20 heavy (non-hydrogen) atoms. The van der Waals surface area contributed by atoms with Gasteiger partial charge in [0.05, 0.1) is 13.2 Å². The molecule has 1 rings (SSSR count). The molecule has 0 fully saturated rings. The van der Waals surface area contributed by atoms with E-state index in [2.05, 4.69) is 20.8 Å². The third kappa shape index (κ3) is 7.92. The number of methoxy groups -OCH3 is 1. The van der Waals surface area contributed by atoms with Crippen molar-refractivity contribution in [1.82, 2.24) is 25.5 Å². The van der Waals surface area contributed by atoms with E-state index in [-0.39, 0.29) is 17.5 Å². The maximum Gasteiger partial charge on any atom is 0.441 e. The maximum absolute atomic E-state index is 12.0. The number of ether oxygens (including phenoxy) is 1. The Morgan fingerprint density at radius 1 is 1.30 bits per heavy atom. The third-order valence-electron chi connectivity index (χ3n) is 2.06. The van der Waals surface area contributed by atoms with Crippen LogP contribution in [0.3, 0.4) is 0 Å². The average molecular weight is 331 g/mol. The van der Waals surface area contributed by atoms with Crippen molar-refractivity contribution in [2.75, 3.05) is 38.3 Å². The summed E-state index contributed by atoms with van der Waals surface area (Å²) in [5.41, 5.74) is -4.18. The zero-order valence-electron chi connectivity index (χ0n) is 10.9. The molecule has 1 heterocycles. The van der Waals surface area contributed by atoms with Crippen LogP contribution in [0.1, 0.15) is 0 Å². The predicted molar refractivity (Wildman–Crippen MR) is 71.8 cm³/mol.